The second kappa shape index (κ2) is 5.44. The maximum Gasteiger partial charge on any atom is 0.333 e. The van der Waals surface area contributed by atoms with Crippen molar-refractivity contribution in [3.05, 3.63) is 11.8 Å². The van der Waals surface area contributed by atoms with Gasteiger partial charge in [-0.25, -0.2) is 9.59 Å². The molecule has 98 valence electrons. The number of imide groups is 1. The number of carbonyl (C=O) groups is 4. The third-order valence-electron chi connectivity index (χ3n) is 2.24. The molecule has 1 N–H and O–H groups in total. The van der Waals surface area contributed by atoms with Crippen molar-refractivity contribution < 1.29 is 23.9 Å². The van der Waals surface area contributed by atoms with Crippen LogP contribution in [0, 0.1) is 0 Å². The molecule has 0 radical (unpaired) electrons. The first-order valence-corrected chi connectivity index (χ1v) is 5.32. The highest BCUT2D eigenvalue weighted by Gasteiger charge is 2.31. The first-order chi connectivity index (χ1) is 8.31. The zero-order valence-corrected chi connectivity index (χ0v) is 10.4. The fourth-order valence-corrected chi connectivity index (χ4v) is 1.42. The number of esters is 1. The minimum atomic E-state index is -0.775. The SMILES string of the molecule is CC(=O)CC(C)OC(=O)/C=C1\NC(=O)N(C)C1=O. The fourth-order valence-electron chi connectivity index (χ4n) is 1.42. The van der Waals surface area contributed by atoms with Gasteiger partial charge in [0.05, 0.1) is 6.08 Å². The molecule has 0 spiro atoms. The fraction of sp³-hybridized carbons (Fsp3) is 0.455. The molecule has 0 aromatic rings. The van der Waals surface area contributed by atoms with Crippen LogP contribution in [0.3, 0.4) is 0 Å². The number of carbonyl (C=O) groups excluding carboxylic acids is 4. The lowest BCUT2D eigenvalue weighted by molar-refractivity contribution is -0.143. The van der Waals surface area contributed by atoms with Crippen molar-refractivity contribution >= 4 is 23.7 Å². The van der Waals surface area contributed by atoms with Crippen LogP contribution >= 0.6 is 0 Å². The van der Waals surface area contributed by atoms with Gasteiger partial charge in [-0.15, -0.1) is 0 Å². The van der Waals surface area contributed by atoms with Crippen LogP contribution in [-0.4, -0.2) is 41.7 Å². The van der Waals surface area contributed by atoms with Crippen molar-refractivity contribution in [1.82, 2.24) is 10.2 Å². The van der Waals surface area contributed by atoms with Crippen LogP contribution in [0.2, 0.25) is 0 Å². The predicted octanol–water partition coefficient (Wildman–Crippen LogP) is -0.0373. The van der Waals surface area contributed by atoms with Gasteiger partial charge in [0.15, 0.2) is 0 Å². The van der Waals surface area contributed by atoms with Crippen molar-refractivity contribution in [2.24, 2.45) is 0 Å². The van der Waals surface area contributed by atoms with Crippen LogP contribution in [0.15, 0.2) is 11.8 Å². The van der Waals surface area contributed by atoms with Crippen molar-refractivity contribution in [2.45, 2.75) is 26.4 Å². The van der Waals surface area contributed by atoms with E-state index in [1.807, 2.05) is 0 Å². The van der Waals surface area contributed by atoms with E-state index in [4.69, 9.17) is 4.74 Å². The summed E-state index contributed by atoms with van der Waals surface area (Å²) in [5.41, 5.74) is -0.137. The van der Waals surface area contributed by atoms with E-state index in [9.17, 15) is 19.2 Å². The van der Waals surface area contributed by atoms with Gasteiger partial charge in [0.1, 0.15) is 17.6 Å². The van der Waals surface area contributed by atoms with E-state index >= 15 is 0 Å². The molecule has 1 saturated heterocycles. The lowest BCUT2D eigenvalue weighted by atomic mass is 10.2. The molecule has 18 heavy (non-hydrogen) atoms. The van der Waals surface area contributed by atoms with Crippen molar-refractivity contribution in [2.75, 3.05) is 7.05 Å². The molecule has 0 aliphatic carbocycles. The Kier molecular flexibility index (Phi) is 4.19. The number of likely N-dealkylation sites (N-methyl/N-ethyl adjacent to an activating group) is 1. The number of nitrogens with zero attached hydrogens (tertiary/aromatic N) is 1. The highest BCUT2D eigenvalue weighted by atomic mass is 16.5. The molecular weight excluding hydrogens is 240 g/mol. The number of Topliss-reactive ketones (excluding diaryl/α,β-unsaturated/α-hetero) is 1. The summed E-state index contributed by atoms with van der Waals surface area (Å²) in [5.74, 6) is -1.48. The average molecular weight is 254 g/mol. The number of amides is 3. The number of rotatable bonds is 4. The maximum absolute atomic E-state index is 11.4. The summed E-state index contributed by atoms with van der Waals surface area (Å²) < 4.78 is 4.88. The Morgan fingerprint density at radius 1 is 1.44 bits per heavy atom. The molecule has 1 aliphatic rings. The van der Waals surface area contributed by atoms with Crippen molar-refractivity contribution in [1.29, 1.82) is 0 Å². The Morgan fingerprint density at radius 2 is 2.06 bits per heavy atom. The molecule has 7 heteroatoms. The number of urea groups is 1. The molecule has 0 aromatic heterocycles. The van der Waals surface area contributed by atoms with Crippen molar-refractivity contribution in [3.63, 3.8) is 0 Å². The van der Waals surface area contributed by atoms with Gasteiger partial charge in [0, 0.05) is 13.5 Å². The van der Waals surface area contributed by atoms with Gasteiger partial charge < -0.3 is 10.1 Å². The van der Waals surface area contributed by atoms with E-state index in [1.165, 1.54) is 14.0 Å². The molecule has 1 heterocycles. The highest BCUT2D eigenvalue weighted by molar-refractivity contribution is 6.13. The maximum atomic E-state index is 11.4. The van der Waals surface area contributed by atoms with Gasteiger partial charge in [0.2, 0.25) is 0 Å². The van der Waals surface area contributed by atoms with E-state index in [0.717, 1.165) is 11.0 Å². The number of ketones is 1. The van der Waals surface area contributed by atoms with Gasteiger partial charge >= 0.3 is 12.0 Å². The minimum absolute atomic E-state index is 0.104. The zero-order chi connectivity index (χ0) is 13.9. The van der Waals surface area contributed by atoms with E-state index in [0.29, 0.717) is 0 Å². The van der Waals surface area contributed by atoms with Gasteiger partial charge in [0.25, 0.3) is 5.91 Å². The number of hydrogen-bond acceptors (Lipinski definition) is 5. The Labute approximate surface area is 104 Å². The second-order valence-electron chi connectivity index (χ2n) is 4.01. The summed E-state index contributed by atoms with van der Waals surface area (Å²) >= 11 is 0. The topological polar surface area (TPSA) is 92.8 Å². The van der Waals surface area contributed by atoms with Gasteiger partial charge in [-0.3, -0.25) is 14.5 Å². The Hall–Kier alpha value is -2.18. The highest BCUT2D eigenvalue weighted by Crippen LogP contribution is 2.08. The van der Waals surface area contributed by atoms with Gasteiger partial charge in [-0.2, -0.15) is 0 Å². The number of nitrogens with one attached hydrogen (secondary N) is 1. The average Bonchev–Trinajstić information content (AvgIpc) is 2.44. The second-order valence-corrected chi connectivity index (χ2v) is 4.01. The van der Waals surface area contributed by atoms with Crippen LogP contribution in [0.1, 0.15) is 20.3 Å². The molecule has 1 aliphatic heterocycles. The number of hydrogen-bond donors (Lipinski definition) is 1. The van der Waals surface area contributed by atoms with Gasteiger partial charge in [-0.05, 0) is 13.8 Å². The first-order valence-electron chi connectivity index (χ1n) is 5.32. The molecule has 7 nitrogen and oxygen atoms in total. The third kappa shape index (κ3) is 3.41. The Bertz CT molecular complexity index is 441. The van der Waals surface area contributed by atoms with Crippen LogP contribution in [0.4, 0.5) is 4.79 Å². The first kappa shape index (κ1) is 13.9. The normalized spacial score (nSPS) is 18.8. The van der Waals surface area contributed by atoms with Crippen LogP contribution in [0.5, 0.6) is 0 Å². The third-order valence-corrected chi connectivity index (χ3v) is 2.24. The zero-order valence-electron chi connectivity index (χ0n) is 10.4. The quantitative estimate of drug-likeness (QED) is 0.432. The summed E-state index contributed by atoms with van der Waals surface area (Å²) in [6, 6.07) is -0.601. The molecule has 1 fully saturated rings. The lowest BCUT2D eigenvalue weighted by Gasteiger charge is -2.09. The van der Waals surface area contributed by atoms with Gasteiger partial charge in [-0.1, -0.05) is 0 Å². The van der Waals surface area contributed by atoms with E-state index in [-0.39, 0.29) is 17.9 Å². The van der Waals surface area contributed by atoms with E-state index in [1.54, 1.807) is 6.92 Å². The molecule has 1 rings (SSSR count). The summed E-state index contributed by atoms with van der Waals surface area (Å²) in [7, 11) is 1.29. The molecule has 0 aromatic carbocycles. The van der Waals surface area contributed by atoms with E-state index < -0.39 is 24.0 Å². The standard InChI is InChI=1S/C11H14N2O5/c1-6(14)4-7(2)18-9(15)5-8-10(16)13(3)11(17)12-8/h5,7H,4H2,1-3H3,(H,12,17)/b8-5-. The molecule has 1 atom stereocenters. The van der Waals surface area contributed by atoms with Crippen LogP contribution in [-0.2, 0) is 19.1 Å². The monoisotopic (exact) mass is 254 g/mol. The smallest absolute Gasteiger partial charge is 0.333 e. The number of ether oxygens (including phenoxy) is 1. The molecule has 3 amide bonds. The lowest BCUT2D eigenvalue weighted by Crippen LogP contribution is -2.25. The van der Waals surface area contributed by atoms with Crippen LogP contribution < -0.4 is 5.32 Å². The summed E-state index contributed by atoms with van der Waals surface area (Å²) in [4.78, 5) is 45.6. The largest absolute Gasteiger partial charge is 0.459 e. The summed E-state index contributed by atoms with van der Waals surface area (Å²) in [5, 5.41) is 2.23. The summed E-state index contributed by atoms with van der Waals surface area (Å²) in [6.45, 7) is 2.96. The molecular formula is C11H14N2O5. The molecule has 0 bridgehead atoms. The van der Waals surface area contributed by atoms with Crippen molar-refractivity contribution in [3.8, 4) is 0 Å². The van der Waals surface area contributed by atoms with E-state index in [2.05, 4.69) is 5.32 Å². The Morgan fingerprint density at radius 3 is 2.50 bits per heavy atom. The Balaban J connectivity index is 2.62. The minimum Gasteiger partial charge on any atom is -0.459 e. The molecule has 1 unspecified atom stereocenters. The predicted molar refractivity (Wildman–Crippen MR) is 60.2 cm³/mol. The van der Waals surface area contributed by atoms with Crippen LogP contribution in [0.25, 0.3) is 0 Å². The summed E-state index contributed by atoms with van der Waals surface area (Å²) in [6.07, 6.45) is 0.437. The molecule has 0 saturated carbocycles.